The minimum atomic E-state index is -0.318. The second-order valence-corrected chi connectivity index (χ2v) is 9.68. The van der Waals surface area contributed by atoms with Crippen molar-refractivity contribution in [3.8, 4) is 0 Å². The summed E-state index contributed by atoms with van der Waals surface area (Å²) in [5, 5.41) is 0. The summed E-state index contributed by atoms with van der Waals surface area (Å²) in [6.45, 7) is 6.67. The molecular weight excluding hydrogens is 410 g/mol. The van der Waals surface area contributed by atoms with Crippen LogP contribution in [-0.4, -0.2) is 39.2 Å². The van der Waals surface area contributed by atoms with Crippen molar-refractivity contribution in [1.82, 2.24) is 14.5 Å². The van der Waals surface area contributed by atoms with Gasteiger partial charge in [0, 0.05) is 49.9 Å². The summed E-state index contributed by atoms with van der Waals surface area (Å²) in [6, 6.07) is 16.4. The second-order valence-electron chi connectivity index (χ2n) is 9.68. The molecule has 2 aliphatic rings. The zero-order valence-corrected chi connectivity index (χ0v) is 19.4. The van der Waals surface area contributed by atoms with Crippen LogP contribution in [0.25, 0.3) is 0 Å². The third kappa shape index (κ3) is 4.24. The molecule has 5 rings (SSSR count). The predicted octanol–water partition coefficient (Wildman–Crippen LogP) is 5.13. The van der Waals surface area contributed by atoms with Gasteiger partial charge >= 0.3 is 0 Å². The molecule has 3 aromatic rings. The fourth-order valence-electron chi connectivity index (χ4n) is 5.28. The summed E-state index contributed by atoms with van der Waals surface area (Å²) >= 11 is 0. The van der Waals surface area contributed by atoms with E-state index in [1.165, 1.54) is 11.1 Å². The maximum Gasteiger partial charge on any atom is 0.230 e. The van der Waals surface area contributed by atoms with Gasteiger partial charge in [0.05, 0.1) is 5.92 Å². The molecule has 1 atom stereocenters. The van der Waals surface area contributed by atoms with E-state index in [2.05, 4.69) is 53.9 Å². The number of nitrogens with zero attached hydrogens (tertiary/aromatic N) is 3. The summed E-state index contributed by atoms with van der Waals surface area (Å²) in [6.07, 6.45) is 6.05. The molecule has 0 bridgehead atoms. The van der Waals surface area contributed by atoms with Crippen LogP contribution >= 0.6 is 0 Å². The molecule has 0 spiro atoms. The first-order chi connectivity index (χ1) is 16.0. The minimum absolute atomic E-state index is 0.0855. The minimum Gasteiger partial charge on any atom is -0.342 e. The average Bonchev–Trinajstić information content (AvgIpc) is 3.44. The average molecular weight is 442 g/mol. The standard InChI is InChI=1S/C28H31N3O2/c1-19(2)21-9-7-20(8-10-21)18-31-16-13-29-27(31)22-11-14-30(15-12-22)28(33)25-17-26(32)24-6-4-3-5-23(24)25/h3-10,13,16,19,22,25H,11-12,14-15,17-18H2,1-2H3. The third-order valence-corrected chi connectivity index (χ3v) is 7.24. The summed E-state index contributed by atoms with van der Waals surface area (Å²) in [7, 11) is 0. The smallest absolute Gasteiger partial charge is 0.230 e. The van der Waals surface area contributed by atoms with Crippen LogP contribution < -0.4 is 0 Å². The first-order valence-corrected chi connectivity index (χ1v) is 12.0. The molecular formula is C28H31N3O2. The summed E-state index contributed by atoms with van der Waals surface area (Å²) in [5.74, 6) is 1.85. The number of amides is 1. The van der Waals surface area contributed by atoms with Crippen LogP contribution in [0.1, 0.15) is 83.7 Å². The molecule has 33 heavy (non-hydrogen) atoms. The molecule has 1 aliphatic carbocycles. The van der Waals surface area contributed by atoms with Crippen LogP contribution in [-0.2, 0) is 11.3 Å². The molecule has 1 aliphatic heterocycles. The van der Waals surface area contributed by atoms with Gasteiger partial charge in [-0.2, -0.15) is 0 Å². The van der Waals surface area contributed by atoms with Crippen LogP contribution in [0, 0.1) is 0 Å². The molecule has 2 aromatic carbocycles. The number of carbonyl (C=O) groups is 2. The maximum absolute atomic E-state index is 13.2. The SMILES string of the molecule is CC(C)c1ccc(Cn2ccnc2C2CCN(C(=O)C3CC(=O)c4ccccc43)CC2)cc1. The van der Waals surface area contributed by atoms with E-state index >= 15 is 0 Å². The summed E-state index contributed by atoms with van der Waals surface area (Å²) in [4.78, 5) is 32.2. The Bertz CT molecular complexity index is 1150. The number of likely N-dealkylation sites (tertiary alicyclic amines) is 1. The largest absolute Gasteiger partial charge is 0.342 e. The van der Waals surface area contributed by atoms with Crippen LogP contribution in [0.5, 0.6) is 0 Å². The highest BCUT2D eigenvalue weighted by molar-refractivity contribution is 6.06. The zero-order valence-electron chi connectivity index (χ0n) is 19.4. The first-order valence-electron chi connectivity index (χ1n) is 12.0. The number of ketones is 1. The van der Waals surface area contributed by atoms with Crippen molar-refractivity contribution in [2.75, 3.05) is 13.1 Å². The van der Waals surface area contributed by atoms with Gasteiger partial charge in [-0.05, 0) is 35.4 Å². The Balaban J connectivity index is 1.23. The molecule has 1 saturated heterocycles. The lowest BCUT2D eigenvalue weighted by molar-refractivity contribution is -0.133. The van der Waals surface area contributed by atoms with Gasteiger partial charge in [-0.15, -0.1) is 0 Å². The highest BCUT2D eigenvalue weighted by Gasteiger charge is 2.37. The second kappa shape index (κ2) is 8.97. The molecule has 1 amide bonds. The number of Topliss-reactive ketones (excluding diaryl/α,β-unsaturated/α-hetero) is 1. The van der Waals surface area contributed by atoms with E-state index < -0.39 is 0 Å². The molecule has 170 valence electrons. The van der Waals surface area contributed by atoms with Gasteiger partial charge in [-0.1, -0.05) is 62.4 Å². The van der Waals surface area contributed by atoms with Crippen molar-refractivity contribution < 1.29 is 9.59 Å². The van der Waals surface area contributed by atoms with Crippen molar-refractivity contribution in [3.05, 3.63) is 89.0 Å². The van der Waals surface area contributed by atoms with E-state index in [0.717, 1.165) is 30.8 Å². The molecule has 2 heterocycles. The number of aromatic nitrogens is 2. The lowest BCUT2D eigenvalue weighted by Crippen LogP contribution is -2.40. The number of fused-ring (bicyclic) bond motifs is 1. The number of hydrogen-bond acceptors (Lipinski definition) is 3. The predicted molar refractivity (Wildman–Crippen MR) is 129 cm³/mol. The number of hydrogen-bond donors (Lipinski definition) is 0. The van der Waals surface area contributed by atoms with Crippen LogP contribution in [0.3, 0.4) is 0 Å². The number of piperidine rings is 1. The molecule has 5 heteroatoms. The fourth-order valence-corrected chi connectivity index (χ4v) is 5.28. The van der Waals surface area contributed by atoms with Gasteiger partial charge in [-0.3, -0.25) is 9.59 Å². The third-order valence-electron chi connectivity index (χ3n) is 7.24. The monoisotopic (exact) mass is 441 g/mol. The lowest BCUT2D eigenvalue weighted by Gasteiger charge is -2.33. The van der Waals surface area contributed by atoms with Gasteiger partial charge in [0.15, 0.2) is 5.78 Å². The molecule has 0 N–H and O–H groups in total. The Morgan fingerprint density at radius 2 is 1.79 bits per heavy atom. The Morgan fingerprint density at radius 1 is 1.06 bits per heavy atom. The zero-order chi connectivity index (χ0) is 22.9. The summed E-state index contributed by atoms with van der Waals surface area (Å²) in [5.41, 5.74) is 4.24. The van der Waals surface area contributed by atoms with Crippen molar-refractivity contribution in [2.45, 2.75) is 57.4 Å². The first kappa shape index (κ1) is 21.6. The number of rotatable bonds is 5. The van der Waals surface area contributed by atoms with Crippen molar-refractivity contribution in [3.63, 3.8) is 0 Å². The van der Waals surface area contributed by atoms with E-state index in [0.29, 0.717) is 36.9 Å². The molecule has 0 saturated carbocycles. The topological polar surface area (TPSA) is 55.2 Å². The highest BCUT2D eigenvalue weighted by atomic mass is 16.2. The Hall–Kier alpha value is -3.21. The fraction of sp³-hybridized carbons (Fsp3) is 0.393. The van der Waals surface area contributed by atoms with E-state index in [4.69, 9.17) is 0 Å². The normalized spacial score (nSPS) is 18.7. The van der Waals surface area contributed by atoms with Crippen molar-refractivity contribution in [1.29, 1.82) is 0 Å². The van der Waals surface area contributed by atoms with Gasteiger partial charge < -0.3 is 9.47 Å². The van der Waals surface area contributed by atoms with E-state index in [1.54, 1.807) is 0 Å². The van der Waals surface area contributed by atoms with Gasteiger partial charge in [0.25, 0.3) is 0 Å². The molecule has 1 unspecified atom stereocenters. The summed E-state index contributed by atoms with van der Waals surface area (Å²) < 4.78 is 2.25. The Kier molecular flexibility index (Phi) is 5.88. The molecule has 5 nitrogen and oxygen atoms in total. The van der Waals surface area contributed by atoms with Crippen molar-refractivity contribution in [2.24, 2.45) is 0 Å². The molecule has 1 fully saturated rings. The van der Waals surface area contributed by atoms with Crippen LogP contribution in [0.2, 0.25) is 0 Å². The van der Waals surface area contributed by atoms with Gasteiger partial charge in [0.2, 0.25) is 5.91 Å². The molecule has 0 radical (unpaired) electrons. The van der Waals surface area contributed by atoms with Gasteiger partial charge in [-0.25, -0.2) is 4.98 Å². The number of carbonyl (C=O) groups excluding carboxylic acids is 2. The quantitative estimate of drug-likeness (QED) is 0.551. The van der Waals surface area contributed by atoms with Crippen molar-refractivity contribution >= 4 is 11.7 Å². The Labute approximate surface area is 195 Å². The van der Waals surface area contributed by atoms with Gasteiger partial charge in [0.1, 0.15) is 5.82 Å². The maximum atomic E-state index is 13.2. The van der Waals surface area contributed by atoms with Crippen LogP contribution in [0.4, 0.5) is 0 Å². The highest BCUT2D eigenvalue weighted by Crippen LogP contribution is 2.36. The molecule has 1 aromatic heterocycles. The van der Waals surface area contributed by atoms with E-state index in [-0.39, 0.29) is 17.6 Å². The van der Waals surface area contributed by atoms with Crippen LogP contribution in [0.15, 0.2) is 60.9 Å². The number of imidazole rings is 1. The van der Waals surface area contributed by atoms with E-state index in [9.17, 15) is 9.59 Å². The lowest BCUT2D eigenvalue weighted by atomic mass is 9.93. The van der Waals surface area contributed by atoms with E-state index in [1.807, 2.05) is 35.4 Å². The number of benzene rings is 2. The Morgan fingerprint density at radius 3 is 2.52 bits per heavy atom.